The van der Waals surface area contributed by atoms with Crippen LogP contribution < -0.4 is 0 Å². The van der Waals surface area contributed by atoms with E-state index in [1.165, 1.54) is 37.0 Å². The predicted molar refractivity (Wildman–Crippen MR) is 63.7 cm³/mol. The second-order valence-corrected chi connectivity index (χ2v) is 5.71. The van der Waals surface area contributed by atoms with Crippen LogP contribution in [0, 0.1) is 5.41 Å². The highest BCUT2D eigenvalue weighted by atomic mass is 32.1. The standard InChI is InChI=1S/C12H21NS/c1-4-5-7-12(2,3)8-6-11-9-13-10-14-11/h9-10H,4-8H2,1-3H3. The SMILES string of the molecule is CCCCC(C)(C)CCc1cncs1. The quantitative estimate of drug-likeness (QED) is 0.684. The summed E-state index contributed by atoms with van der Waals surface area (Å²) in [7, 11) is 0. The Morgan fingerprint density at radius 1 is 1.36 bits per heavy atom. The molecule has 14 heavy (non-hydrogen) atoms. The van der Waals surface area contributed by atoms with Crippen LogP contribution in [0.25, 0.3) is 0 Å². The van der Waals surface area contributed by atoms with Crippen LogP contribution in [0.5, 0.6) is 0 Å². The third-order valence-corrected chi connectivity index (χ3v) is 3.58. The van der Waals surface area contributed by atoms with Crippen molar-refractivity contribution in [3.05, 3.63) is 16.6 Å². The van der Waals surface area contributed by atoms with Crippen molar-refractivity contribution in [2.24, 2.45) is 5.41 Å². The second-order valence-electron chi connectivity index (χ2n) is 4.74. The number of hydrogen-bond acceptors (Lipinski definition) is 2. The molecule has 0 spiro atoms. The van der Waals surface area contributed by atoms with Gasteiger partial charge in [-0.1, -0.05) is 33.6 Å². The third-order valence-electron chi connectivity index (χ3n) is 2.74. The lowest BCUT2D eigenvalue weighted by Gasteiger charge is -2.23. The summed E-state index contributed by atoms with van der Waals surface area (Å²) in [6, 6.07) is 0. The van der Waals surface area contributed by atoms with Crippen molar-refractivity contribution in [3.63, 3.8) is 0 Å². The molecule has 1 aromatic rings. The lowest BCUT2D eigenvalue weighted by molar-refractivity contribution is 0.299. The highest BCUT2D eigenvalue weighted by Crippen LogP contribution is 2.29. The average molecular weight is 211 g/mol. The molecule has 1 aromatic heterocycles. The van der Waals surface area contributed by atoms with Gasteiger partial charge >= 0.3 is 0 Å². The van der Waals surface area contributed by atoms with Gasteiger partial charge in [0.05, 0.1) is 5.51 Å². The zero-order valence-electron chi connectivity index (χ0n) is 9.55. The Morgan fingerprint density at radius 3 is 2.71 bits per heavy atom. The van der Waals surface area contributed by atoms with Crippen molar-refractivity contribution in [2.75, 3.05) is 0 Å². The Labute approximate surface area is 91.6 Å². The lowest BCUT2D eigenvalue weighted by atomic mass is 9.83. The van der Waals surface area contributed by atoms with E-state index in [0.717, 1.165) is 0 Å². The molecule has 0 saturated carbocycles. The Bertz CT molecular complexity index is 239. The number of hydrogen-bond donors (Lipinski definition) is 0. The summed E-state index contributed by atoms with van der Waals surface area (Å²) in [5, 5.41) is 0. The monoisotopic (exact) mass is 211 g/mol. The molecule has 0 radical (unpaired) electrons. The van der Waals surface area contributed by atoms with Crippen molar-refractivity contribution in [1.29, 1.82) is 0 Å². The molecule has 0 amide bonds. The van der Waals surface area contributed by atoms with Crippen LogP contribution in [0.2, 0.25) is 0 Å². The Kier molecular flexibility index (Phi) is 4.59. The molecule has 0 unspecified atom stereocenters. The number of unbranched alkanes of at least 4 members (excludes halogenated alkanes) is 1. The highest BCUT2D eigenvalue weighted by Gasteiger charge is 2.16. The average Bonchev–Trinajstić information content (AvgIpc) is 2.64. The molecule has 0 aliphatic heterocycles. The first-order valence-electron chi connectivity index (χ1n) is 5.51. The first-order valence-corrected chi connectivity index (χ1v) is 6.39. The largest absolute Gasteiger partial charge is 0.253 e. The fourth-order valence-corrected chi connectivity index (χ4v) is 2.21. The van der Waals surface area contributed by atoms with Crippen LogP contribution in [0.4, 0.5) is 0 Å². The zero-order valence-corrected chi connectivity index (χ0v) is 10.4. The maximum absolute atomic E-state index is 4.10. The lowest BCUT2D eigenvalue weighted by Crippen LogP contribution is -2.11. The number of aromatic nitrogens is 1. The van der Waals surface area contributed by atoms with E-state index in [0.29, 0.717) is 5.41 Å². The van der Waals surface area contributed by atoms with E-state index in [1.807, 2.05) is 11.7 Å². The van der Waals surface area contributed by atoms with Gasteiger partial charge in [0, 0.05) is 11.1 Å². The van der Waals surface area contributed by atoms with E-state index in [2.05, 4.69) is 25.8 Å². The van der Waals surface area contributed by atoms with E-state index in [-0.39, 0.29) is 0 Å². The molecule has 0 saturated heterocycles. The van der Waals surface area contributed by atoms with Gasteiger partial charge in [-0.15, -0.1) is 11.3 Å². The summed E-state index contributed by atoms with van der Waals surface area (Å²) in [6.07, 6.45) is 8.50. The molecule has 0 fully saturated rings. The van der Waals surface area contributed by atoms with E-state index < -0.39 is 0 Å². The smallest absolute Gasteiger partial charge is 0.0794 e. The molecular formula is C12H21NS. The maximum Gasteiger partial charge on any atom is 0.0794 e. The molecule has 0 N–H and O–H groups in total. The van der Waals surface area contributed by atoms with Crippen LogP contribution in [0.15, 0.2) is 11.7 Å². The van der Waals surface area contributed by atoms with Crippen LogP contribution >= 0.6 is 11.3 Å². The van der Waals surface area contributed by atoms with Crippen LogP contribution in [0.3, 0.4) is 0 Å². The van der Waals surface area contributed by atoms with Crippen molar-refractivity contribution < 1.29 is 0 Å². The molecule has 1 rings (SSSR count). The number of nitrogens with zero attached hydrogens (tertiary/aromatic N) is 1. The van der Waals surface area contributed by atoms with Crippen LogP contribution in [-0.4, -0.2) is 4.98 Å². The Morgan fingerprint density at radius 2 is 2.14 bits per heavy atom. The van der Waals surface area contributed by atoms with E-state index in [9.17, 15) is 0 Å². The summed E-state index contributed by atoms with van der Waals surface area (Å²) >= 11 is 1.78. The predicted octanol–water partition coefficient (Wildman–Crippen LogP) is 4.29. The molecule has 0 aromatic carbocycles. The molecule has 0 aliphatic rings. The van der Waals surface area contributed by atoms with Crippen molar-refractivity contribution in [3.8, 4) is 0 Å². The van der Waals surface area contributed by atoms with Gasteiger partial charge in [-0.25, -0.2) is 0 Å². The maximum atomic E-state index is 4.10. The van der Waals surface area contributed by atoms with Crippen LogP contribution in [-0.2, 0) is 6.42 Å². The van der Waals surface area contributed by atoms with Gasteiger partial charge in [0.25, 0.3) is 0 Å². The Hall–Kier alpha value is -0.370. The first kappa shape index (κ1) is 11.7. The van der Waals surface area contributed by atoms with Crippen LogP contribution in [0.1, 0.15) is 51.3 Å². The Balaban J connectivity index is 2.28. The molecule has 1 nitrogen and oxygen atoms in total. The molecule has 0 aliphatic carbocycles. The topological polar surface area (TPSA) is 12.9 Å². The van der Waals surface area contributed by atoms with E-state index in [1.54, 1.807) is 11.3 Å². The zero-order chi connectivity index (χ0) is 10.4. The van der Waals surface area contributed by atoms with E-state index >= 15 is 0 Å². The minimum absolute atomic E-state index is 0.500. The number of aryl methyl sites for hydroxylation is 1. The normalized spacial score (nSPS) is 11.9. The highest BCUT2D eigenvalue weighted by molar-refractivity contribution is 7.09. The summed E-state index contributed by atoms with van der Waals surface area (Å²) in [4.78, 5) is 5.53. The molecule has 0 atom stereocenters. The molecule has 80 valence electrons. The molecule has 1 heterocycles. The number of rotatable bonds is 6. The fourth-order valence-electron chi connectivity index (χ4n) is 1.61. The molecule has 2 heteroatoms. The van der Waals surface area contributed by atoms with Gasteiger partial charge < -0.3 is 0 Å². The van der Waals surface area contributed by atoms with Gasteiger partial charge in [-0.05, 0) is 24.7 Å². The van der Waals surface area contributed by atoms with Crippen molar-refractivity contribution >= 4 is 11.3 Å². The van der Waals surface area contributed by atoms with Gasteiger partial charge in [-0.3, -0.25) is 4.98 Å². The second kappa shape index (κ2) is 5.50. The minimum atomic E-state index is 0.500. The fraction of sp³-hybridized carbons (Fsp3) is 0.750. The third kappa shape index (κ3) is 4.23. The summed E-state index contributed by atoms with van der Waals surface area (Å²) < 4.78 is 0. The number of thiazole rings is 1. The van der Waals surface area contributed by atoms with Gasteiger partial charge in [0.1, 0.15) is 0 Å². The van der Waals surface area contributed by atoms with E-state index in [4.69, 9.17) is 0 Å². The van der Waals surface area contributed by atoms with Gasteiger partial charge in [-0.2, -0.15) is 0 Å². The molecule has 0 bridgehead atoms. The summed E-state index contributed by atoms with van der Waals surface area (Å²) in [5.41, 5.74) is 2.42. The van der Waals surface area contributed by atoms with Crippen molar-refractivity contribution in [1.82, 2.24) is 4.98 Å². The molecular weight excluding hydrogens is 190 g/mol. The first-order chi connectivity index (χ1) is 6.64. The van der Waals surface area contributed by atoms with Gasteiger partial charge in [0.15, 0.2) is 0 Å². The summed E-state index contributed by atoms with van der Waals surface area (Å²) in [5.74, 6) is 0. The summed E-state index contributed by atoms with van der Waals surface area (Å²) in [6.45, 7) is 7.02. The minimum Gasteiger partial charge on any atom is -0.253 e. The van der Waals surface area contributed by atoms with Gasteiger partial charge in [0.2, 0.25) is 0 Å². The van der Waals surface area contributed by atoms with Crippen molar-refractivity contribution in [2.45, 2.75) is 52.9 Å².